The second-order valence-corrected chi connectivity index (χ2v) is 7.99. The first-order valence-electron chi connectivity index (χ1n) is 9.10. The maximum absolute atomic E-state index is 12.4. The summed E-state index contributed by atoms with van der Waals surface area (Å²) in [4.78, 5) is 27.2. The number of thioether (sulfide) groups is 1. The van der Waals surface area contributed by atoms with Crippen LogP contribution in [0.25, 0.3) is 0 Å². The highest BCUT2D eigenvalue weighted by Crippen LogP contribution is 2.34. The van der Waals surface area contributed by atoms with Crippen molar-refractivity contribution in [2.45, 2.75) is 30.7 Å². The number of rotatable bonds is 6. The van der Waals surface area contributed by atoms with Gasteiger partial charge in [0.1, 0.15) is 6.54 Å². The molecule has 142 valence electrons. The number of nitrogens with zero attached hydrogens (tertiary/aromatic N) is 1. The van der Waals surface area contributed by atoms with Gasteiger partial charge in [-0.25, -0.2) is 0 Å². The maximum Gasteiger partial charge on any atom is 0.240 e. The molecule has 2 amide bonds. The summed E-state index contributed by atoms with van der Waals surface area (Å²) in [6, 6.07) is 15.5. The Morgan fingerprint density at radius 1 is 1.15 bits per heavy atom. The van der Waals surface area contributed by atoms with Crippen molar-refractivity contribution in [3.05, 3.63) is 59.7 Å². The quantitative estimate of drug-likeness (QED) is 0.804. The van der Waals surface area contributed by atoms with E-state index in [1.807, 2.05) is 36.4 Å². The molecule has 0 fully saturated rings. The summed E-state index contributed by atoms with van der Waals surface area (Å²) in [5.74, 6) is 0.561. The van der Waals surface area contributed by atoms with Gasteiger partial charge in [-0.05, 0) is 29.2 Å². The van der Waals surface area contributed by atoms with Gasteiger partial charge in [-0.2, -0.15) is 0 Å². The lowest BCUT2D eigenvalue weighted by Crippen LogP contribution is -2.44. The van der Waals surface area contributed by atoms with Crippen LogP contribution >= 0.6 is 11.8 Å². The lowest BCUT2D eigenvalue weighted by molar-refractivity contribution is -0.123. The first-order valence-corrected chi connectivity index (χ1v) is 10.1. The zero-order valence-corrected chi connectivity index (χ0v) is 16.5. The first-order chi connectivity index (χ1) is 13.0. The highest BCUT2D eigenvalue weighted by molar-refractivity contribution is 8.00. The molecule has 3 rings (SSSR count). The van der Waals surface area contributed by atoms with Crippen LogP contribution in [-0.4, -0.2) is 30.7 Å². The third-order valence-corrected chi connectivity index (χ3v) is 5.71. The molecule has 0 bridgehead atoms. The minimum atomic E-state index is -0.282. The summed E-state index contributed by atoms with van der Waals surface area (Å²) in [7, 11) is 0. The number of fused-ring (bicyclic) bond motifs is 1. The average Bonchev–Trinajstić information content (AvgIpc) is 2.68. The summed E-state index contributed by atoms with van der Waals surface area (Å²) >= 11 is 1.50. The minimum Gasteiger partial charge on any atom is -0.353 e. The van der Waals surface area contributed by atoms with E-state index in [4.69, 9.17) is 5.73 Å². The van der Waals surface area contributed by atoms with E-state index in [0.29, 0.717) is 18.2 Å². The zero-order valence-electron chi connectivity index (χ0n) is 15.6. The van der Waals surface area contributed by atoms with Gasteiger partial charge in [0.15, 0.2) is 0 Å². The molecule has 1 aliphatic heterocycles. The van der Waals surface area contributed by atoms with Crippen molar-refractivity contribution in [3.63, 3.8) is 0 Å². The second-order valence-electron chi connectivity index (χ2n) is 6.97. The van der Waals surface area contributed by atoms with Crippen LogP contribution in [0.2, 0.25) is 0 Å². The summed E-state index contributed by atoms with van der Waals surface area (Å²) < 4.78 is 0. The number of benzene rings is 2. The number of para-hydroxylation sites is 1. The van der Waals surface area contributed by atoms with E-state index in [2.05, 4.69) is 31.3 Å². The number of nitrogens with two attached hydrogens (primary N) is 1. The SMILES string of the molecule is CC(C)c1ccc(C(N)CNC(=O)CN2C(=O)CSc3ccccc32)cc1. The predicted molar refractivity (Wildman–Crippen MR) is 110 cm³/mol. The first kappa shape index (κ1) is 19.5. The second kappa shape index (κ2) is 8.59. The minimum absolute atomic E-state index is 0.00934. The summed E-state index contributed by atoms with van der Waals surface area (Å²) in [6.07, 6.45) is 0. The molecule has 1 atom stereocenters. The number of hydrogen-bond donors (Lipinski definition) is 2. The molecule has 5 nitrogen and oxygen atoms in total. The Morgan fingerprint density at radius 3 is 2.52 bits per heavy atom. The molecule has 27 heavy (non-hydrogen) atoms. The van der Waals surface area contributed by atoms with Crippen LogP contribution in [0.3, 0.4) is 0 Å². The van der Waals surface area contributed by atoms with Gasteiger partial charge in [-0.15, -0.1) is 11.8 Å². The highest BCUT2D eigenvalue weighted by Gasteiger charge is 2.26. The molecule has 0 saturated heterocycles. The number of carbonyl (C=O) groups excluding carboxylic acids is 2. The Morgan fingerprint density at radius 2 is 1.81 bits per heavy atom. The zero-order chi connectivity index (χ0) is 19.4. The molecular weight excluding hydrogens is 358 g/mol. The molecule has 1 heterocycles. The summed E-state index contributed by atoms with van der Waals surface area (Å²) in [5.41, 5.74) is 9.24. The fourth-order valence-electron chi connectivity index (χ4n) is 3.00. The van der Waals surface area contributed by atoms with Crippen LogP contribution in [-0.2, 0) is 9.59 Å². The van der Waals surface area contributed by atoms with Crippen LogP contribution in [0.1, 0.15) is 36.9 Å². The lowest BCUT2D eigenvalue weighted by atomic mass is 9.99. The van der Waals surface area contributed by atoms with Crippen molar-refractivity contribution in [1.29, 1.82) is 0 Å². The summed E-state index contributed by atoms with van der Waals surface area (Å²) in [5, 5.41) is 2.85. The molecule has 0 saturated carbocycles. The molecule has 3 N–H and O–H groups in total. The molecule has 0 radical (unpaired) electrons. The van der Waals surface area contributed by atoms with Gasteiger partial charge in [0.25, 0.3) is 0 Å². The number of carbonyl (C=O) groups is 2. The van der Waals surface area contributed by atoms with E-state index < -0.39 is 0 Å². The van der Waals surface area contributed by atoms with Crippen molar-refractivity contribution in [2.24, 2.45) is 5.73 Å². The van der Waals surface area contributed by atoms with Gasteiger partial charge < -0.3 is 16.0 Å². The van der Waals surface area contributed by atoms with Crippen molar-refractivity contribution < 1.29 is 9.59 Å². The number of nitrogens with one attached hydrogen (secondary N) is 1. The monoisotopic (exact) mass is 383 g/mol. The largest absolute Gasteiger partial charge is 0.353 e. The Balaban J connectivity index is 1.57. The Kier molecular flexibility index (Phi) is 6.19. The van der Waals surface area contributed by atoms with Gasteiger partial charge in [-0.1, -0.05) is 50.2 Å². The van der Waals surface area contributed by atoms with Crippen molar-refractivity contribution >= 4 is 29.3 Å². The van der Waals surface area contributed by atoms with Crippen LogP contribution in [0, 0.1) is 0 Å². The molecule has 2 aromatic carbocycles. The lowest BCUT2D eigenvalue weighted by Gasteiger charge is -2.28. The molecular formula is C21H25N3O2S. The van der Waals surface area contributed by atoms with E-state index in [1.165, 1.54) is 17.3 Å². The van der Waals surface area contributed by atoms with E-state index in [-0.39, 0.29) is 24.4 Å². The molecule has 0 aromatic heterocycles. The maximum atomic E-state index is 12.4. The van der Waals surface area contributed by atoms with Crippen molar-refractivity contribution in [2.75, 3.05) is 23.7 Å². The topological polar surface area (TPSA) is 75.4 Å². The van der Waals surface area contributed by atoms with Gasteiger partial charge in [0.05, 0.1) is 11.4 Å². The smallest absolute Gasteiger partial charge is 0.240 e. The number of amides is 2. The molecule has 1 unspecified atom stereocenters. The van der Waals surface area contributed by atoms with Gasteiger partial charge in [0.2, 0.25) is 11.8 Å². The van der Waals surface area contributed by atoms with E-state index in [1.54, 1.807) is 4.90 Å². The fourth-order valence-corrected chi connectivity index (χ4v) is 3.93. The molecule has 1 aliphatic rings. The van der Waals surface area contributed by atoms with Gasteiger partial charge in [0, 0.05) is 17.5 Å². The molecule has 0 spiro atoms. The van der Waals surface area contributed by atoms with Crippen LogP contribution in [0.15, 0.2) is 53.4 Å². The summed E-state index contributed by atoms with van der Waals surface area (Å²) in [6.45, 7) is 4.63. The number of hydrogen-bond acceptors (Lipinski definition) is 4. The average molecular weight is 384 g/mol. The van der Waals surface area contributed by atoms with Crippen LogP contribution in [0.5, 0.6) is 0 Å². The normalized spacial score (nSPS) is 14.8. The molecule has 6 heteroatoms. The highest BCUT2D eigenvalue weighted by atomic mass is 32.2. The standard InChI is InChI=1S/C21H25N3O2S/c1-14(2)15-7-9-16(10-8-15)17(22)11-23-20(25)12-24-18-5-3-4-6-19(18)27-13-21(24)26/h3-10,14,17H,11-13,22H2,1-2H3,(H,23,25). The Labute approximate surface area is 164 Å². The molecule has 0 aliphatic carbocycles. The Hall–Kier alpha value is -2.31. The fraction of sp³-hybridized carbons (Fsp3) is 0.333. The number of anilines is 1. The molecule has 2 aromatic rings. The van der Waals surface area contributed by atoms with Crippen molar-refractivity contribution in [3.8, 4) is 0 Å². The van der Waals surface area contributed by atoms with E-state index >= 15 is 0 Å². The Bertz CT molecular complexity index is 820. The van der Waals surface area contributed by atoms with Crippen molar-refractivity contribution in [1.82, 2.24) is 5.32 Å². The third-order valence-electron chi connectivity index (χ3n) is 4.66. The third kappa shape index (κ3) is 4.70. The van der Waals surface area contributed by atoms with Gasteiger partial charge >= 0.3 is 0 Å². The van der Waals surface area contributed by atoms with E-state index in [9.17, 15) is 9.59 Å². The van der Waals surface area contributed by atoms with Crippen LogP contribution < -0.4 is 16.0 Å². The van der Waals surface area contributed by atoms with Crippen LogP contribution in [0.4, 0.5) is 5.69 Å². The van der Waals surface area contributed by atoms with E-state index in [0.717, 1.165) is 16.1 Å². The van der Waals surface area contributed by atoms with Gasteiger partial charge in [-0.3, -0.25) is 9.59 Å². The predicted octanol–water partition coefficient (Wildman–Crippen LogP) is 3.06.